The van der Waals surface area contributed by atoms with Gasteiger partial charge in [-0.15, -0.1) is 0 Å². The van der Waals surface area contributed by atoms with Gasteiger partial charge in [-0.05, 0) is 23.8 Å². The van der Waals surface area contributed by atoms with Crippen LogP contribution in [0.15, 0.2) is 54.7 Å². The Morgan fingerprint density at radius 2 is 1.72 bits per heavy atom. The summed E-state index contributed by atoms with van der Waals surface area (Å²) in [5.41, 5.74) is 2.55. The van der Waals surface area contributed by atoms with Crippen LogP contribution in [0.3, 0.4) is 0 Å². The Kier molecular flexibility index (Phi) is 5.36. The molecule has 0 saturated carbocycles. The van der Waals surface area contributed by atoms with E-state index in [1.165, 1.54) is 17.1 Å². The lowest BCUT2D eigenvalue weighted by atomic mass is 10.1. The van der Waals surface area contributed by atoms with Crippen LogP contribution >= 0.6 is 0 Å². The Hall–Kier alpha value is -3.12. The van der Waals surface area contributed by atoms with E-state index >= 15 is 0 Å². The van der Waals surface area contributed by atoms with Crippen molar-refractivity contribution in [3.8, 4) is 5.75 Å². The second-order valence-electron chi connectivity index (χ2n) is 7.37. The number of amides is 1. The highest BCUT2D eigenvalue weighted by atomic mass is 16.5. The number of hydrogen-bond acceptors (Lipinski definition) is 4. The van der Waals surface area contributed by atoms with Gasteiger partial charge in [0.2, 0.25) is 5.91 Å². The molecule has 29 heavy (non-hydrogen) atoms. The van der Waals surface area contributed by atoms with Crippen LogP contribution in [0.4, 0.5) is 0 Å². The molecule has 0 atom stereocenters. The average Bonchev–Trinajstić information content (AvgIpc) is 3.13. The second-order valence-corrected chi connectivity index (χ2v) is 7.37. The van der Waals surface area contributed by atoms with Crippen LogP contribution in [0, 0.1) is 0 Å². The summed E-state index contributed by atoms with van der Waals surface area (Å²) < 4.78 is 6.85. The van der Waals surface area contributed by atoms with Crippen molar-refractivity contribution in [3.63, 3.8) is 0 Å². The highest BCUT2D eigenvalue weighted by molar-refractivity contribution is 6.09. The van der Waals surface area contributed by atoms with Gasteiger partial charge in [0.25, 0.3) is 5.91 Å². The normalized spacial score (nSPS) is 14.9. The molecule has 0 N–H and O–H groups in total. The number of methoxy groups -OCH3 is 1. The first-order chi connectivity index (χ1) is 14.1. The maximum atomic E-state index is 13.3. The summed E-state index contributed by atoms with van der Waals surface area (Å²) in [5.74, 6) is 0.509. The number of benzene rings is 2. The third kappa shape index (κ3) is 3.89. The molecule has 0 bridgehead atoms. The first kappa shape index (κ1) is 19.2. The maximum Gasteiger partial charge on any atom is 0.256 e. The van der Waals surface area contributed by atoms with Crippen LogP contribution in [0.25, 0.3) is 10.9 Å². The van der Waals surface area contributed by atoms with Gasteiger partial charge in [0.05, 0.1) is 18.2 Å². The molecule has 4 rings (SSSR count). The quantitative estimate of drug-likeness (QED) is 0.685. The van der Waals surface area contributed by atoms with Crippen LogP contribution in [-0.2, 0) is 6.54 Å². The first-order valence-corrected chi connectivity index (χ1v) is 9.82. The number of rotatable bonds is 4. The molecule has 0 spiro atoms. The van der Waals surface area contributed by atoms with Gasteiger partial charge in [0.1, 0.15) is 5.75 Å². The first-order valence-electron chi connectivity index (χ1n) is 9.82. The van der Waals surface area contributed by atoms with Gasteiger partial charge in [0, 0.05) is 51.2 Å². The Balaban J connectivity index is 1.53. The summed E-state index contributed by atoms with van der Waals surface area (Å²) in [6.07, 6.45) is 1.66. The molecule has 6 nitrogen and oxygen atoms in total. The molecule has 3 aromatic rings. The molecule has 2 heterocycles. The average molecular weight is 391 g/mol. The molecule has 150 valence electrons. The summed E-state index contributed by atoms with van der Waals surface area (Å²) in [6.45, 7) is 5.39. The lowest BCUT2D eigenvalue weighted by Crippen LogP contribution is -2.48. The van der Waals surface area contributed by atoms with E-state index < -0.39 is 0 Å². The Morgan fingerprint density at radius 3 is 2.38 bits per heavy atom. The van der Waals surface area contributed by atoms with Gasteiger partial charge in [-0.25, -0.2) is 0 Å². The van der Waals surface area contributed by atoms with Crippen molar-refractivity contribution >= 4 is 22.7 Å². The molecule has 1 amide bonds. The fourth-order valence-corrected chi connectivity index (χ4v) is 3.89. The summed E-state index contributed by atoms with van der Waals surface area (Å²) in [7, 11) is 1.59. The minimum atomic E-state index is -0.119. The summed E-state index contributed by atoms with van der Waals surface area (Å²) in [4.78, 5) is 29.5. The standard InChI is InChI=1S/C23H25N3O3/c1-17(27)26-16-21(20-14-19(29-2)8-9-22(20)26)23(28)25-12-10-24(11-13-25)15-18-6-4-3-5-7-18/h3-9,14,16H,10-13,15H2,1-2H3. The lowest BCUT2D eigenvalue weighted by Gasteiger charge is -2.34. The summed E-state index contributed by atoms with van der Waals surface area (Å²) in [6, 6.07) is 15.8. The van der Waals surface area contributed by atoms with E-state index in [0.29, 0.717) is 24.4 Å². The van der Waals surface area contributed by atoms with Crippen LogP contribution in [0.2, 0.25) is 0 Å². The molecule has 1 aliphatic rings. The van der Waals surface area contributed by atoms with E-state index in [-0.39, 0.29) is 11.8 Å². The van der Waals surface area contributed by atoms with E-state index in [1.54, 1.807) is 19.4 Å². The van der Waals surface area contributed by atoms with Gasteiger partial charge in [0.15, 0.2) is 0 Å². The van der Waals surface area contributed by atoms with Crippen LogP contribution in [-0.4, -0.2) is 59.5 Å². The largest absolute Gasteiger partial charge is 0.497 e. The number of nitrogens with zero attached hydrogens (tertiary/aromatic N) is 3. The molecule has 2 aromatic carbocycles. The molecule has 1 aliphatic heterocycles. The van der Waals surface area contributed by atoms with E-state index in [4.69, 9.17) is 4.74 Å². The van der Waals surface area contributed by atoms with Gasteiger partial charge >= 0.3 is 0 Å². The second kappa shape index (κ2) is 8.09. The van der Waals surface area contributed by atoms with E-state index in [0.717, 1.165) is 30.5 Å². The van der Waals surface area contributed by atoms with Crippen molar-refractivity contribution in [2.75, 3.05) is 33.3 Å². The molecule has 0 radical (unpaired) electrons. The molecule has 0 unspecified atom stereocenters. The zero-order valence-corrected chi connectivity index (χ0v) is 16.8. The third-order valence-corrected chi connectivity index (χ3v) is 5.49. The van der Waals surface area contributed by atoms with Crippen molar-refractivity contribution in [1.82, 2.24) is 14.4 Å². The highest BCUT2D eigenvalue weighted by Gasteiger charge is 2.25. The molecule has 1 fully saturated rings. The fourth-order valence-electron chi connectivity index (χ4n) is 3.89. The maximum absolute atomic E-state index is 13.3. The summed E-state index contributed by atoms with van der Waals surface area (Å²) in [5, 5.41) is 0.747. The van der Waals surface area contributed by atoms with Crippen molar-refractivity contribution in [2.24, 2.45) is 0 Å². The minimum Gasteiger partial charge on any atom is -0.497 e. The highest BCUT2D eigenvalue weighted by Crippen LogP contribution is 2.27. The van der Waals surface area contributed by atoms with Crippen LogP contribution in [0.5, 0.6) is 5.75 Å². The number of fused-ring (bicyclic) bond motifs is 1. The lowest BCUT2D eigenvalue weighted by molar-refractivity contribution is 0.0630. The number of carbonyl (C=O) groups excluding carboxylic acids is 2. The molecule has 1 saturated heterocycles. The predicted molar refractivity (Wildman–Crippen MR) is 112 cm³/mol. The van der Waals surface area contributed by atoms with Crippen molar-refractivity contribution < 1.29 is 14.3 Å². The number of ether oxygens (including phenoxy) is 1. The van der Waals surface area contributed by atoms with Crippen LogP contribution < -0.4 is 4.74 Å². The Bertz CT molecular complexity index is 1030. The van der Waals surface area contributed by atoms with Crippen molar-refractivity contribution in [3.05, 3.63) is 65.9 Å². The molecule has 0 aliphatic carbocycles. The van der Waals surface area contributed by atoms with Gasteiger partial charge in [-0.1, -0.05) is 30.3 Å². The minimum absolute atomic E-state index is 0.0392. The van der Waals surface area contributed by atoms with E-state index in [1.807, 2.05) is 35.2 Å². The van der Waals surface area contributed by atoms with Gasteiger partial charge < -0.3 is 9.64 Å². The number of hydrogen-bond donors (Lipinski definition) is 0. The third-order valence-electron chi connectivity index (χ3n) is 5.49. The Labute approximate surface area is 170 Å². The van der Waals surface area contributed by atoms with Gasteiger partial charge in [-0.2, -0.15) is 0 Å². The van der Waals surface area contributed by atoms with E-state index in [2.05, 4.69) is 17.0 Å². The predicted octanol–water partition coefficient (Wildman–Crippen LogP) is 3.27. The van der Waals surface area contributed by atoms with Gasteiger partial charge in [-0.3, -0.25) is 19.1 Å². The SMILES string of the molecule is COc1ccc2c(c1)c(C(=O)N1CCN(Cc3ccccc3)CC1)cn2C(C)=O. The van der Waals surface area contributed by atoms with E-state index in [9.17, 15) is 9.59 Å². The topological polar surface area (TPSA) is 54.8 Å². The fraction of sp³-hybridized carbons (Fsp3) is 0.304. The molecular formula is C23H25N3O3. The zero-order valence-electron chi connectivity index (χ0n) is 16.8. The molecule has 6 heteroatoms. The smallest absolute Gasteiger partial charge is 0.256 e. The summed E-state index contributed by atoms with van der Waals surface area (Å²) >= 11 is 0. The Morgan fingerprint density at radius 1 is 1.00 bits per heavy atom. The monoisotopic (exact) mass is 391 g/mol. The number of carbonyl (C=O) groups is 2. The molecular weight excluding hydrogens is 366 g/mol. The number of piperazine rings is 1. The van der Waals surface area contributed by atoms with Crippen LogP contribution in [0.1, 0.15) is 27.6 Å². The number of aromatic nitrogens is 1. The molecule has 1 aromatic heterocycles. The van der Waals surface area contributed by atoms with Crippen molar-refractivity contribution in [1.29, 1.82) is 0 Å². The van der Waals surface area contributed by atoms with Crippen molar-refractivity contribution in [2.45, 2.75) is 13.5 Å². The zero-order chi connectivity index (χ0) is 20.4.